The first-order valence-electron chi connectivity index (χ1n) is 7.12. The summed E-state index contributed by atoms with van der Waals surface area (Å²) in [5.74, 6) is -0.158. The molecule has 1 aliphatic rings. The zero-order chi connectivity index (χ0) is 15.1. The van der Waals surface area contributed by atoms with Gasteiger partial charge in [-0.2, -0.15) is 0 Å². The predicted molar refractivity (Wildman–Crippen MR) is 96.8 cm³/mol. The SMILES string of the molecule is COC(CN)C(=O)NCC(c1cccs1)N1CCOCC1.Cl.Cl. The number of nitrogens with one attached hydrogen (secondary N) is 1. The van der Waals surface area contributed by atoms with Crippen LogP contribution < -0.4 is 11.1 Å². The molecule has 2 atom stereocenters. The van der Waals surface area contributed by atoms with Gasteiger partial charge in [0, 0.05) is 38.2 Å². The molecule has 9 heteroatoms. The number of halogens is 2. The highest BCUT2D eigenvalue weighted by Gasteiger charge is 2.25. The van der Waals surface area contributed by atoms with Crippen molar-refractivity contribution in [3.8, 4) is 0 Å². The number of hydrogen-bond donors (Lipinski definition) is 2. The number of ether oxygens (including phenoxy) is 2. The van der Waals surface area contributed by atoms with Gasteiger partial charge in [0.05, 0.1) is 19.3 Å². The topological polar surface area (TPSA) is 76.8 Å². The Morgan fingerprint density at radius 1 is 1.48 bits per heavy atom. The molecular weight excluding hydrogens is 361 g/mol. The third kappa shape index (κ3) is 6.54. The van der Waals surface area contributed by atoms with Crippen LogP contribution in [-0.2, 0) is 14.3 Å². The van der Waals surface area contributed by atoms with E-state index in [-0.39, 0.29) is 43.3 Å². The Hall–Kier alpha value is -0.410. The second-order valence-corrected chi connectivity index (χ2v) is 5.86. The van der Waals surface area contributed by atoms with Crippen LogP contribution in [-0.4, -0.2) is 63.4 Å². The van der Waals surface area contributed by atoms with Crippen LogP contribution in [0.1, 0.15) is 10.9 Å². The molecule has 6 nitrogen and oxygen atoms in total. The normalized spacial score (nSPS) is 17.5. The number of hydrogen-bond acceptors (Lipinski definition) is 6. The summed E-state index contributed by atoms with van der Waals surface area (Å²) in [6.45, 7) is 3.97. The fourth-order valence-corrected chi connectivity index (χ4v) is 3.26. The molecule has 1 saturated heterocycles. The molecule has 134 valence electrons. The summed E-state index contributed by atoms with van der Waals surface area (Å²) in [4.78, 5) is 15.6. The van der Waals surface area contributed by atoms with E-state index in [1.54, 1.807) is 11.3 Å². The van der Waals surface area contributed by atoms with Crippen molar-refractivity contribution in [2.45, 2.75) is 12.1 Å². The lowest BCUT2D eigenvalue weighted by atomic mass is 10.2. The zero-order valence-corrected chi connectivity index (χ0v) is 15.6. The van der Waals surface area contributed by atoms with Crippen molar-refractivity contribution in [3.05, 3.63) is 22.4 Å². The first kappa shape index (κ1) is 22.6. The Morgan fingerprint density at radius 3 is 2.70 bits per heavy atom. The quantitative estimate of drug-likeness (QED) is 0.733. The van der Waals surface area contributed by atoms with Gasteiger partial charge in [0.15, 0.2) is 0 Å². The van der Waals surface area contributed by atoms with Crippen molar-refractivity contribution in [2.24, 2.45) is 5.73 Å². The summed E-state index contributed by atoms with van der Waals surface area (Å²) < 4.78 is 10.5. The minimum atomic E-state index is -0.585. The molecule has 0 radical (unpaired) electrons. The van der Waals surface area contributed by atoms with E-state index >= 15 is 0 Å². The van der Waals surface area contributed by atoms with Crippen molar-refractivity contribution in [2.75, 3.05) is 46.5 Å². The molecule has 1 aliphatic heterocycles. The summed E-state index contributed by atoms with van der Waals surface area (Å²) >= 11 is 1.71. The minimum absolute atomic E-state index is 0. The first-order valence-corrected chi connectivity index (χ1v) is 8.00. The van der Waals surface area contributed by atoms with Crippen LogP contribution in [0.2, 0.25) is 0 Å². The van der Waals surface area contributed by atoms with Crippen molar-refractivity contribution in [1.82, 2.24) is 10.2 Å². The lowest BCUT2D eigenvalue weighted by molar-refractivity contribution is -0.130. The summed E-state index contributed by atoms with van der Waals surface area (Å²) in [7, 11) is 1.50. The van der Waals surface area contributed by atoms with E-state index in [0.717, 1.165) is 26.3 Å². The molecule has 0 spiro atoms. The molecule has 2 heterocycles. The van der Waals surface area contributed by atoms with Gasteiger partial charge in [-0.25, -0.2) is 0 Å². The van der Waals surface area contributed by atoms with Gasteiger partial charge in [-0.1, -0.05) is 6.07 Å². The molecule has 0 bridgehead atoms. The summed E-state index contributed by atoms with van der Waals surface area (Å²) in [5.41, 5.74) is 5.52. The van der Waals surface area contributed by atoms with Gasteiger partial charge in [0.25, 0.3) is 5.91 Å². The highest BCUT2D eigenvalue weighted by atomic mass is 35.5. The van der Waals surface area contributed by atoms with Gasteiger partial charge in [-0.05, 0) is 11.4 Å². The largest absolute Gasteiger partial charge is 0.379 e. The Kier molecular flexibility index (Phi) is 11.8. The van der Waals surface area contributed by atoms with Gasteiger partial charge in [0.2, 0.25) is 0 Å². The fourth-order valence-electron chi connectivity index (χ4n) is 2.40. The molecule has 1 amide bonds. The molecule has 23 heavy (non-hydrogen) atoms. The van der Waals surface area contributed by atoms with Gasteiger partial charge in [-0.15, -0.1) is 36.2 Å². The lowest BCUT2D eigenvalue weighted by Gasteiger charge is -2.34. The van der Waals surface area contributed by atoms with Crippen LogP contribution in [0.25, 0.3) is 0 Å². The Labute approximate surface area is 153 Å². The average Bonchev–Trinajstić information content (AvgIpc) is 3.04. The third-order valence-electron chi connectivity index (χ3n) is 3.62. The smallest absolute Gasteiger partial charge is 0.250 e. The van der Waals surface area contributed by atoms with Crippen LogP contribution in [0.4, 0.5) is 0 Å². The number of morpholine rings is 1. The Balaban J connectivity index is 0.00000242. The maximum Gasteiger partial charge on any atom is 0.250 e. The summed E-state index contributed by atoms with van der Waals surface area (Å²) in [6.07, 6.45) is -0.585. The van der Waals surface area contributed by atoms with Crippen molar-refractivity contribution >= 4 is 42.1 Å². The van der Waals surface area contributed by atoms with E-state index in [0.29, 0.717) is 6.54 Å². The molecule has 1 fully saturated rings. The Morgan fingerprint density at radius 2 is 2.17 bits per heavy atom. The molecule has 2 rings (SSSR count). The number of thiophene rings is 1. The van der Waals surface area contributed by atoms with E-state index in [1.807, 2.05) is 6.07 Å². The number of nitrogens with two attached hydrogens (primary N) is 1. The highest BCUT2D eigenvalue weighted by molar-refractivity contribution is 7.10. The molecule has 0 saturated carbocycles. The zero-order valence-electron chi connectivity index (χ0n) is 13.1. The van der Waals surface area contributed by atoms with Crippen molar-refractivity contribution in [1.29, 1.82) is 0 Å². The number of carbonyl (C=O) groups is 1. The second kappa shape index (κ2) is 12.0. The van der Waals surface area contributed by atoms with Crippen molar-refractivity contribution < 1.29 is 14.3 Å². The van der Waals surface area contributed by atoms with Crippen molar-refractivity contribution in [3.63, 3.8) is 0 Å². The van der Waals surface area contributed by atoms with Gasteiger partial charge in [-0.3, -0.25) is 9.69 Å². The van der Waals surface area contributed by atoms with E-state index < -0.39 is 6.10 Å². The van der Waals surface area contributed by atoms with Gasteiger partial charge < -0.3 is 20.5 Å². The lowest BCUT2D eigenvalue weighted by Crippen LogP contribution is -2.46. The van der Waals surface area contributed by atoms with Crippen LogP contribution in [0, 0.1) is 0 Å². The van der Waals surface area contributed by atoms with Crippen LogP contribution in [0.15, 0.2) is 17.5 Å². The standard InChI is InChI=1S/C14H23N3O3S.2ClH/c1-19-12(9-15)14(18)16-10-11(13-3-2-8-21-13)17-4-6-20-7-5-17;;/h2-3,8,11-12H,4-7,9-10,15H2,1H3,(H,16,18);2*1H. The maximum atomic E-state index is 12.0. The monoisotopic (exact) mass is 385 g/mol. The van der Waals surface area contributed by atoms with Gasteiger partial charge >= 0.3 is 0 Å². The summed E-state index contributed by atoms with van der Waals surface area (Å²) in [5, 5.41) is 5.01. The van der Waals surface area contributed by atoms with Crippen LogP contribution in [0.5, 0.6) is 0 Å². The molecule has 2 unspecified atom stereocenters. The van der Waals surface area contributed by atoms with E-state index in [4.69, 9.17) is 15.2 Å². The number of carbonyl (C=O) groups excluding carboxylic acids is 1. The second-order valence-electron chi connectivity index (χ2n) is 4.88. The maximum absolute atomic E-state index is 12.0. The number of methoxy groups -OCH3 is 1. The summed E-state index contributed by atoms with van der Waals surface area (Å²) in [6, 6.07) is 4.31. The molecule has 1 aromatic rings. The number of amides is 1. The van der Waals surface area contributed by atoms with E-state index in [9.17, 15) is 4.79 Å². The van der Waals surface area contributed by atoms with Crippen LogP contribution in [0.3, 0.4) is 0 Å². The van der Waals surface area contributed by atoms with Gasteiger partial charge in [0.1, 0.15) is 6.10 Å². The number of nitrogens with zero attached hydrogens (tertiary/aromatic N) is 1. The molecular formula is C14H25Cl2N3O3S. The third-order valence-corrected chi connectivity index (χ3v) is 4.59. The number of rotatable bonds is 7. The Bertz CT molecular complexity index is 427. The molecule has 0 aliphatic carbocycles. The highest BCUT2D eigenvalue weighted by Crippen LogP contribution is 2.25. The molecule has 0 aromatic carbocycles. The van der Waals surface area contributed by atoms with E-state index in [1.165, 1.54) is 12.0 Å². The average molecular weight is 386 g/mol. The fraction of sp³-hybridized carbons (Fsp3) is 0.643. The first-order chi connectivity index (χ1) is 10.3. The van der Waals surface area contributed by atoms with Crippen LogP contribution >= 0.6 is 36.2 Å². The molecule has 1 aromatic heterocycles. The predicted octanol–water partition coefficient (Wildman–Crippen LogP) is 1.05. The molecule has 3 N–H and O–H groups in total. The minimum Gasteiger partial charge on any atom is -0.379 e. The van der Waals surface area contributed by atoms with E-state index in [2.05, 4.69) is 21.7 Å².